The predicted octanol–water partition coefficient (Wildman–Crippen LogP) is 10.1. The fraction of sp³-hybridized carbons (Fsp3) is 0.659. The van der Waals surface area contributed by atoms with E-state index in [1.165, 1.54) is 56.1 Å². The van der Waals surface area contributed by atoms with E-state index in [0.29, 0.717) is 35.8 Å². The van der Waals surface area contributed by atoms with E-state index in [-0.39, 0.29) is 33.2 Å². The molecular weight excluding hydrogens is 633 g/mol. The van der Waals surface area contributed by atoms with Crippen LogP contribution in [0.15, 0.2) is 55.4 Å². The van der Waals surface area contributed by atoms with Crippen molar-refractivity contribution in [3.8, 4) is 0 Å². The largest absolute Gasteiger partial charge is 0.478 e. The molecule has 278 valence electrons. The second-order valence-corrected chi connectivity index (χ2v) is 18.1. The molecule has 5 aliphatic rings. The van der Waals surface area contributed by atoms with E-state index >= 15 is 0 Å². The summed E-state index contributed by atoms with van der Waals surface area (Å²) in [6.45, 7) is 21.7. The van der Waals surface area contributed by atoms with Crippen molar-refractivity contribution in [2.75, 3.05) is 6.54 Å². The van der Waals surface area contributed by atoms with Crippen LogP contribution in [0.2, 0.25) is 0 Å². The van der Waals surface area contributed by atoms with E-state index < -0.39 is 5.97 Å². The highest BCUT2D eigenvalue weighted by atomic mass is 16.4. The van der Waals surface area contributed by atoms with Gasteiger partial charge in [0.2, 0.25) is 0 Å². The molecule has 0 spiro atoms. The van der Waals surface area contributed by atoms with E-state index in [9.17, 15) is 14.7 Å². The third-order valence-electron chi connectivity index (χ3n) is 15.5. The topological polar surface area (TPSA) is 96.3 Å². The Balaban J connectivity index is 0.00000144. The third-order valence-corrected chi connectivity index (χ3v) is 15.5. The first-order valence-electron chi connectivity index (χ1n) is 19.8. The van der Waals surface area contributed by atoms with E-state index in [1.807, 2.05) is 38.4 Å². The fourth-order valence-corrected chi connectivity index (χ4v) is 13.0. The van der Waals surface area contributed by atoms with Crippen LogP contribution < -0.4 is 10.6 Å². The maximum Gasteiger partial charge on any atom is 0.335 e. The Morgan fingerprint density at radius 3 is 2.35 bits per heavy atom. The molecule has 7 unspecified atom stereocenters. The molecule has 8 atom stereocenters. The van der Waals surface area contributed by atoms with Crippen LogP contribution in [0.1, 0.15) is 134 Å². The van der Waals surface area contributed by atoms with Crippen LogP contribution in [-0.4, -0.2) is 38.7 Å². The molecule has 0 radical (unpaired) electrons. The van der Waals surface area contributed by atoms with E-state index in [0.717, 1.165) is 38.1 Å². The lowest BCUT2D eigenvalue weighted by atomic mass is 9.33. The van der Waals surface area contributed by atoms with Gasteiger partial charge in [0, 0.05) is 31.0 Å². The van der Waals surface area contributed by atoms with Crippen LogP contribution >= 0.6 is 0 Å². The molecule has 7 rings (SSSR count). The van der Waals surface area contributed by atoms with Crippen LogP contribution in [0.5, 0.6) is 0 Å². The highest BCUT2D eigenvalue weighted by Gasteiger charge is 2.69. The molecule has 0 bridgehead atoms. The zero-order valence-electron chi connectivity index (χ0n) is 32.5. The number of nitrogens with zero attached hydrogens (tertiary/aromatic N) is 2. The number of allylic oxidation sites excluding steroid dienone is 3. The van der Waals surface area contributed by atoms with Crippen molar-refractivity contribution in [1.82, 2.24) is 20.2 Å². The van der Waals surface area contributed by atoms with Crippen LogP contribution in [0.4, 0.5) is 4.79 Å². The summed E-state index contributed by atoms with van der Waals surface area (Å²) in [5.74, 6) is 2.60. The quantitative estimate of drug-likeness (QED) is 0.198. The number of urea groups is 1. The second kappa shape index (κ2) is 13.9. The molecule has 3 N–H and O–H groups in total. The number of imidazole rings is 1. The molecule has 5 aliphatic carbocycles. The summed E-state index contributed by atoms with van der Waals surface area (Å²) in [7, 11) is 0. The molecule has 4 fully saturated rings. The molecule has 1 aromatic carbocycles. The molecule has 7 nitrogen and oxygen atoms in total. The Morgan fingerprint density at radius 1 is 0.961 bits per heavy atom. The number of fused-ring (bicyclic) bond motifs is 7. The maximum absolute atomic E-state index is 13.4. The van der Waals surface area contributed by atoms with Gasteiger partial charge in [-0.2, -0.15) is 0 Å². The van der Waals surface area contributed by atoms with Gasteiger partial charge in [-0.3, -0.25) is 0 Å². The number of carboxylic acid groups (broad SMARTS) is 1. The van der Waals surface area contributed by atoms with Gasteiger partial charge in [0.05, 0.1) is 5.56 Å². The summed E-state index contributed by atoms with van der Waals surface area (Å²) < 4.78 is 2.14. The number of nitrogens with one attached hydrogen (secondary N) is 2. The lowest BCUT2D eigenvalue weighted by Gasteiger charge is -2.72. The van der Waals surface area contributed by atoms with Gasteiger partial charge in [-0.25, -0.2) is 14.6 Å². The minimum absolute atomic E-state index is 0.0128. The zero-order chi connectivity index (χ0) is 36.8. The van der Waals surface area contributed by atoms with Crippen LogP contribution in [0.25, 0.3) is 5.57 Å². The Morgan fingerprint density at radius 2 is 1.69 bits per heavy atom. The average molecular weight is 697 g/mol. The number of carbonyl (C=O) groups excluding carboxylic acids is 1. The Hall–Kier alpha value is -3.35. The molecule has 51 heavy (non-hydrogen) atoms. The first-order chi connectivity index (χ1) is 24.2. The van der Waals surface area contributed by atoms with Crippen molar-refractivity contribution in [1.29, 1.82) is 0 Å². The standard InChI is InChI=1S/C41H58N4O3.C3H6/c1-27-42-24-26-45(27)25-8-23-43-36(48)44-41-18-7-9-32(41)31-14-15-34-38(4)19-16-30(28-10-12-29(13-11-28)35(46)47)37(2,3)33(38)17-20-40(34,6)39(31,5)21-22-41;1-3-2/h10-13,16,24,26,31-34H,7-9,14-15,17-23,25H2,1-6H3,(H,46,47)(H2,43,44,48);3H,1H2,2H3/t31?,32?,33?,34?,38?,39-,40?,41?;/m1./s1. The van der Waals surface area contributed by atoms with E-state index in [4.69, 9.17) is 0 Å². The first-order valence-corrected chi connectivity index (χ1v) is 19.8. The maximum atomic E-state index is 13.4. The SMILES string of the molecule is C=CC.Cc1nccn1CCCNC(=O)NC12CCCC1C1CCC3C4(C)CC=C(c5ccc(C(=O)O)cc5)C(C)(C)C4CCC3(C)[C@]1(C)CC2. The van der Waals surface area contributed by atoms with E-state index in [1.54, 1.807) is 18.2 Å². The first kappa shape index (κ1) is 37.4. The van der Waals surface area contributed by atoms with Crippen molar-refractivity contribution in [3.63, 3.8) is 0 Å². The summed E-state index contributed by atoms with van der Waals surface area (Å²) in [5, 5.41) is 16.3. The number of hydrogen-bond acceptors (Lipinski definition) is 3. The zero-order valence-corrected chi connectivity index (χ0v) is 32.5. The van der Waals surface area contributed by atoms with Crippen molar-refractivity contribution in [3.05, 3.63) is 72.3 Å². The van der Waals surface area contributed by atoms with Gasteiger partial charge in [-0.15, -0.1) is 6.58 Å². The summed E-state index contributed by atoms with van der Waals surface area (Å²) in [6, 6.07) is 7.58. The third kappa shape index (κ3) is 6.18. The fourth-order valence-electron chi connectivity index (χ4n) is 13.0. The van der Waals surface area contributed by atoms with Crippen LogP contribution in [0, 0.1) is 52.3 Å². The number of aryl methyl sites for hydroxylation is 2. The molecule has 7 heteroatoms. The predicted molar refractivity (Wildman–Crippen MR) is 206 cm³/mol. The highest BCUT2D eigenvalue weighted by Crippen LogP contribution is 2.76. The molecule has 0 aliphatic heterocycles. The monoisotopic (exact) mass is 696 g/mol. The van der Waals surface area contributed by atoms with Crippen molar-refractivity contribution >= 4 is 17.6 Å². The summed E-state index contributed by atoms with van der Waals surface area (Å²) in [6.07, 6.45) is 21.0. The number of carboxylic acids is 1. The summed E-state index contributed by atoms with van der Waals surface area (Å²) >= 11 is 0. The van der Waals surface area contributed by atoms with Gasteiger partial charge in [-0.05, 0) is 147 Å². The van der Waals surface area contributed by atoms with Gasteiger partial charge in [0.25, 0.3) is 0 Å². The molecule has 2 aromatic rings. The minimum atomic E-state index is -0.870. The Kier molecular flexibility index (Phi) is 10.2. The lowest BCUT2D eigenvalue weighted by molar-refractivity contribution is -0.216. The molecule has 1 heterocycles. The van der Waals surface area contributed by atoms with Gasteiger partial charge in [-0.1, -0.05) is 65.3 Å². The number of aromatic nitrogens is 2. The minimum Gasteiger partial charge on any atom is -0.478 e. The van der Waals surface area contributed by atoms with Crippen molar-refractivity contribution < 1.29 is 14.7 Å². The normalized spacial score (nSPS) is 36.1. The Bertz CT molecular complexity index is 1640. The smallest absolute Gasteiger partial charge is 0.335 e. The number of amides is 2. The van der Waals surface area contributed by atoms with Gasteiger partial charge < -0.3 is 20.3 Å². The second-order valence-electron chi connectivity index (χ2n) is 18.1. The number of rotatable bonds is 7. The van der Waals surface area contributed by atoms with Gasteiger partial charge in [0.15, 0.2) is 0 Å². The van der Waals surface area contributed by atoms with Crippen molar-refractivity contribution in [2.24, 2.45) is 45.3 Å². The number of carbonyl (C=O) groups is 2. The summed E-state index contributed by atoms with van der Waals surface area (Å²) in [4.78, 5) is 29.2. The van der Waals surface area contributed by atoms with Crippen LogP contribution in [0.3, 0.4) is 0 Å². The molecule has 2 amide bonds. The molecule has 4 saturated carbocycles. The van der Waals surface area contributed by atoms with Crippen LogP contribution in [-0.2, 0) is 6.54 Å². The van der Waals surface area contributed by atoms with E-state index in [2.05, 4.69) is 67.5 Å². The summed E-state index contributed by atoms with van der Waals surface area (Å²) in [5.41, 5.74) is 3.62. The number of hydrogen-bond donors (Lipinski definition) is 3. The molecule has 0 saturated heterocycles. The lowest BCUT2D eigenvalue weighted by Crippen LogP contribution is -2.68. The number of benzene rings is 1. The van der Waals surface area contributed by atoms with Gasteiger partial charge >= 0.3 is 12.0 Å². The van der Waals surface area contributed by atoms with Crippen molar-refractivity contribution in [2.45, 2.75) is 131 Å². The average Bonchev–Trinajstić information content (AvgIpc) is 3.69. The van der Waals surface area contributed by atoms with Gasteiger partial charge in [0.1, 0.15) is 5.82 Å². The molecule has 1 aromatic heterocycles. The Labute approximate surface area is 307 Å². The molecular formula is C44H64N4O3. The number of aromatic carboxylic acids is 1. The highest BCUT2D eigenvalue weighted by molar-refractivity contribution is 5.88.